The molecule has 0 fully saturated rings. The van der Waals surface area contributed by atoms with Crippen molar-refractivity contribution in [2.24, 2.45) is 0 Å². The minimum Gasteiger partial charge on any atom is -0.496 e. The lowest BCUT2D eigenvalue weighted by Gasteiger charge is -2.25. The van der Waals surface area contributed by atoms with Crippen molar-refractivity contribution >= 4 is 16.8 Å². The predicted octanol–water partition coefficient (Wildman–Crippen LogP) is 4.64. The number of fused-ring (bicyclic) bond motifs is 1. The molecule has 0 atom stereocenters. The number of halogens is 3. The van der Waals surface area contributed by atoms with E-state index in [4.69, 9.17) is 9.26 Å². The summed E-state index contributed by atoms with van der Waals surface area (Å²) in [6, 6.07) is 9.23. The van der Waals surface area contributed by atoms with Crippen LogP contribution in [0.1, 0.15) is 25.2 Å². The Morgan fingerprint density at radius 3 is 2.46 bits per heavy atom. The van der Waals surface area contributed by atoms with Gasteiger partial charge in [-0.15, -0.1) is 0 Å². The van der Waals surface area contributed by atoms with E-state index in [0.717, 1.165) is 6.07 Å². The van der Waals surface area contributed by atoms with Crippen molar-refractivity contribution in [2.45, 2.75) is 25.4 Å². The van der Waals surface area contributed by atoms with Gasteiger partial charge in [-0.1, -0.05) is 31.1 Å². The minimum absolute atomic E-state index is 0.307. The molecule has 0 aliphatic rings. The van der Waals surface area contributed by atoms with Gasteiger partial charge in [-0.2, -0.15) is 13.2 Å². The van der Waals surface area contributed by atoms with Crippen LogP contribution in [0, 0.1) is 0 Å². The average molecular weight is 365 g/mol. The van der Waals surface area contributed by atoms with Crippen molar-refractivity contribution in [3.63, 3.8) is 0 Å². The number of aromatic nitrogens is 2. The van der Waals surface area contributed by atoms with Gasteiger partial charge in [0.05, 0.1) is 7.11 Å². The zero-order chi connectivity index (χ0) is 18.9. The highest BCUT2D eigenvalue weighted by Gasteiger charge is 2.34. The largest absolute Gasteiger partial charge is 0.496 e. The van der Waals surface area contributed by atoms with Crippen molar-refractivity contribution in [3.8, 4) is 5.75 Å². The first-order chi connectivity index (χ1) is 12.2. The Morgan fingerprint density at radius 2 is 1.77 bits per heavy atom. The number of nitrogens with one attached hydrogen (secondary N) is 1. The fourth-order valence-electron chi connectivity index (χ4n) is 2.62. The molecule has 5 nitrogen and oxygen atoms in total. The summed E-state index contributed by atoms with van der Waals surface area (Å²) >= 11 is 0. The molecule has 3 aromatic rings. The van der Waals surface area contributed by atoms with Gasteiger partial charge >= 0.3 is 6.18 Å². The third-order valence-electron chi connectivity index (χ3n) is 4.11. The van der Waals surface area contributed by atoms with Gasteiger partial charge in [-0.25, -0.2) is 4.98 Å². The van der Waals surface area contributed by atoms with Crippen molar-refractivity contribution in [2.75, 3.05) is 19.0 Å². The number of hydrogen-bond acceptors (Lipinski definition) is 5. The molecule has 1 N–H and O–H groups in total. The highest BCUT2D eigenvalue weighted by molar-refractivity contribution is 5.93. The molecule has 8 heteroatoms. The highest BCUT2D eigenvalue weighted by Crippen LogP contribution is 2.33. The molecule has 2 aromatic heterocycles. The number of methoxy groups -OCH3 is 1. The van der Waals surface area contributed by atoms with Crippen LogP contribution in [0.25, 0.3) is 11.0 Å². The van der Waals surface area contributed by atoms with Gasteiger partial charge in [-0.3, -0.25) is 0 Å². The van der Waals surface area contributed by atoms with Crippen molar-refractivity contribution < 1.29 is 22.4 Å². The Balaban J connectivity index is 1.85. The first-order valence-electron chi connectivity index (χ1n) is 7.93. The zero-order valence-corrected chi connectivity index (χ0v) is 14.5. The third kappa shape index (κ3) is 3.44. The molecule has 0 radical (unpaired) electrons. The van der Waals surface area contributed by atoms with Crippen LogP contribution < -0.4 is 10.1 Å². The smallest absolute Gasteiger partial charge is 0.433 e. The Bertz CT molecular complexity index is 919. The Hall–Kier alpha value is -2.77. The maximum Gasteiger partial charge on any atom is 0.433 e. The first kappa shape index (κ1) is 18.0. The summed E-state index contributed by atoms with van der Waals surface area (Å²) in [5.74, 6) is 1.07. The van der Waals surface area contributed by atoms with Crippen LogP contribution in [0.4, 0.5) is 19.0 Å². The first-order valence-corrected chi connectivity index (χ1v) is 7.93. The normalized spacial score (nSPS) is 12.4. The Morgan fingerprint density at radius 1 is 1.08 bits per heavy atom. The lowest BCUT2D eigenvalue weighted by molar-refractivity contribution is -0.141. The van der Waals surface area contributed by atoms with Crippen LogP contribution in [-0.2, 0) is 11.6 Å². The molecule has 0 amide bonds. The molecular formula is C18H18F3N3O2. The zero-order valence-electron chi connectivity index (χ0n) is 14.5. The maximum absolute atomic E-state index is 12.9. The van der Waals surface area contributed by atoms with Crippen molar-refractivity contribution in [1.82, 2.24) is 10.1 Å². The van der Waals surface area contributed by atoms with E-state index in [0.29, 0.717) is 34.8 Å². The van der Waals surface area contributed by atoms with E-state index in [9.17, 15) is 13.2 Å². The predicted molar refractivity (Wildman–Crippen MR) is 91.3 cm³/mol. The summed E-state index contributed by atoms with van der Waals surface area (Å²) in [6.45, 7) is 3.92. The monoisotopic (exact) mass is 365 g/mol. The van der Waals surface area contributed by atoms with Gasteiger partial charge in [0.25, 0.3) is 0 Å². The standard InChI is InChI=1S/C18H18F3N3O2/c1-17(2,13-8-5-9-14(23-13)18(19,20)21)10-22-16-15-11(25-3)6-4-7-12(15)26-24-16/h4-9H,10H2,1-3H3,(H,22,24). The van der Waals surface area contributed by atoms with E-state index in [-0.39, 0.29) is 0 Å². The molecule has 0 spiro atoms. The van der Waals surface area contributed by atoms with E-state index in [1.165, 1.54) is 6.07 Å². The van der Waals surface area contributed by atoms with Gasteiger partial charge in [0.2, 0.25) is 0 Å². The molecular weight excluding hydrogens is 347 g/mol. The second-order valence-electron chi connectivity index (χ2n) is 6.51. The summed E-state index contributed by atoms with van der Waals surface area (Å²) in [5.41, 5.74) is -0.688. The Labute approximate surface area is 148 Å². The quantitative estimate of drug-likeness (QED) is 0.714. The van der Waals surface area contributed by atoms with Gasteiger partial charge in [-0.05, 0) is 24.3 Å². The van der Waals surface area contributed by atoms with Crippen LogP contribution in [0.15, 0.2) is 40.9 Å². The molecule has 2 heterocycles. The number of ether oxygens (including phenoxy) is 1. The second-order valence-corrected chi connectivity index (χ2v) is 6.51. The molecule has 0 aliphatic carbocycles. The molecule has 3 rings (SSSR count). The molecule has 26 heavy (non-hydrogen) atoms. The SMILES string of the molecule is COc1cccc2onc(NCC(C)(C)c3cccc(C(F)(F)F)n3)c12. The van der Waals surface area contributed by atoms with E-state index in [1.54, 1.807) is 31.4 Å². The summed E-state index contributed by atoms with van der Waals surface area (Å²) in [7, 11) is 1.54. The molecule has 0 bridgehead atoms. The number of nitrogens with zero attached hydrogens (tertiary/aromatic N) is 2. The summed E-state index contributed by atoms with van der Waals surface area (Å²) in [6.07, 6.45) is -4.48. The lowest BCUT2D eigenvalue weighted by atomic mass is 9.88. The lowest BCUT2D eigenvalue weighted by Crippen LogP contribution is -2.29. The number of pyridine rings is 1. The van der Waals surface area contributed by atoms with Crippen molar-refractivity contribution in [1.29, 1.82) is 0 Å². The van der Waals surface area contributed by atoms with Crippen LogP contribution in [0.3, 0.4) is 0 Å². The van der Waals surface area contributed by atoms with Gasteiger partial charge in [0.1, 0.15) is 16.8 Å². The average Bonchev–Trinajstić information content (AvgIpc) is 3.03. The number of alkyl halides is 3. The molecule has 0 aliphatic heterocycles. The fourth-order valence-corrected chi connectivity index (χ4v) is 2.62. The Kier molecular flexibility index (Phi) is 4.52. The van der Waals surface area contributed by atoms with Crippen molar-refractivity contribution in [3.05, 3.63) is 47.8 Å². The third-order valence-corrected chi connectivity index (χ3v) is 4.11. The molecule has 1 aromatic carbocycles. The van der Waals surface area contributed by atoms with Gasteiger partial charge in [0.15, 0.2) is 11.4 Å². The summed E-state index contributed by atoms with van der Waals surface area (Å²) in [5, 5.41) is 7.81. The fraction of sp³-hybridized carbons (Fsp3) is 0.333. The molecule has 0 unspecified atom stereocenters. The maximum atomic E-state index is 12.9. The van der Waals surface area contributed by atoms with Crippen LogP contribution in [-0.4, -0.2) is 23.8 Å². The molecule has 0 saturated carbocycles. The summed E-state index contributed by atoms with van der Waals surface area (Å²) in [4.78, 5) is 3.78. The minimum atomic E-state index is -4.48. The second kappa shape index (κ2) is 6.51. The number of hydrogen-bond donors (Lipinski definition) is 1. The van der Waals surface area contributed by atoms with Crippen LogP contribution in [0.5, 0.6) is 5.75 Å². The number of anilines is 1. The van der Waals surface area contributed by atoms with E-state index >= 15 is 0 Å². The molecule has 0 saturated heterocycles. The van der Waals surface area contributed by atoms with Crippen LogP contribution >= 0.6 is 0 Å². The van der Waals surface area contributed by atoms with Crippen LogP contribution in [0.2, 0.25) is 0 Å². The van der Waals surface area contributed by atoms with Gasteiger partial charge < -0.3 is 14.6 Å². The summed E-state index contributed by atoms with van der Waals surface area (Å²) < 4.78 is 49.3. The van der Waals surface area contributed by atoms with E-state index in [2.05, 4.69) is 15.5 Å². The van der Waals surface area contributed by atoms with E-state index < -0.39 is 17.3 Å². The number of benzene rings is 1. The van der Waals surface area contributed by atoms with E-state index in [1.807, 2.05) is 13.8 Å². The topological polar surface area (TPSA) is 60.2 Å². The molecule has 138 valence electrons. The number of rotatable bonds is 5. The highest BCUT2D eigenvalue weighted by atomic mass is 19.4. The van der Waals surface area contributed by atoms with Gasteiger partial charge in [0, 0.05) is 17.7 Å².